The third-order valence-corrected chi connectivity index (χ3v) is 7.15. The predicted octanol–water partition coefficient (Wildman–Crippen LogP) is 3.10. The lowest BCUT2D eigenvalue weighted by Crippen LogP contribution is -2.45. The fourth-order valence-corrected chi connectivity index (χ4v) is 5.15. The lowest BCUT2D eigenvalue weighted by molar-refractivity contribution is -0.134. The molecule has 1 saturated carbocycles. The zero-order valence-electron chi connectivity index (χ0n) is 18.8. The van der Waals surface area contributed by atoms with Crippen LogP contribution >= 0.6 is 0 Å². The monoisotopic (exact) mass is 424 g/mol. The Morgan fingerprint density at radius 3 is 2.58 bits per heavy atom. The van der Waals surface area contributed by atoms with Gasteiger partial charge in [0.2, 0.25) is 5.91 Å². The molecule has 1 aromatic carbocycles. The number of hydrogen-bond donors (Lipinski definition) is 0. The molecule has 31 heavy (non-hydrogen) atoms. The SMILES string of the molecule is Cc1ccccc1CCN1CCC(CN(C(=O)CCn2cnnn2)C2CCCC2)CC1. The van der Waals surface area contributed by atoms with E-state index in [9.17, 15) is 4.79 Å². The lowest BCUT2D eigenvalue weighted by Gasteiger charge is -2.37. The topological polar surface area (TPSA) is 67.2 Å². The second-order valence-electron chi connectivity index (χ2n) is 9.27. The van der Waals surface area contributed by atoms with Crippen molar-refractivity contribution in [3.8, 4) is 0 Å². The van der Waals surface area contributed by atoms with Crippen molar-refractivity contribution in [1.29, 1.82) is 0 Å². The van der Waals surface area contributed by atoms with Crippen LogP contribution in [0.15, 0.2) is 30.6 Å². The van der Waals surface area contributed by atoms with Gasteiger partial charge in [-0.25, -0.2) is 4.68 Å². The molecule has 0 atom stereocenters. The van der Waals surface area contributed by atoms with Crippen LogP contribution < -0.4 is 0 Å². The standard InChI is InChI=1S/C24H36N6O/c1-20-6-2-3-7-22(20)12-16-28-14-10-21(11-15-28)18-30(23-8-4-5-9-23)24(31)13-17-29-19-25-26-27-29/h2-3,6-7,19,21,23H,4-5,8-18H2,1H3. The molecule has 2 aromatic rings. The number of likely N-dealkylation sites (tertiary alicyclic amines) is 1. The van der Waals surface area contributed by atoms with Gasteiger partial charge in [0.1, 0.15) is 6.33 Å². The molecule has 2 fully saturated rings. The highest BCUT2D eigenvalue weighted by Crippen LogP contribution is 2.27. The molecule has 7 heteroatoms. The van der Waals surface area contributed by atoms with Crippen LogP contribution in [0.2, 0.25) is 0 Å². The molecule has 7 nitrogen and oxygen atoms in total. The Balaban J connectivity index is 1.25. The molecule has 2 heterocycles. The van der Waals surface area contributed by atoms with Crippen molar-refractivity contribution in [3.63, 3.8) is 0 Å². The quantitative estimate of drug-likeness (QED) is 0.619. The van der Waals surface area contributed by atoms with Gasteiger partial charge in [0.05, 0.1) is 6.54 Å². The summed E-state index contributed by atoms with van der Waals surface area (Å²) in [5, 5.41) is 11.2. The average Bonchev–Trinajstić information content (AvgIpc) is 3.50. The molecule has 0 unspecified atom stereocenters. The molecule has 1 aliphatic carbocycles. The molecule has 0 N–H and O–H groups in total. The van der Waals surface area contributed by atoms with Gasteiger partial charge in [0, 0.05) is 25.6 Å². The Morgan fingerprint density at radius 1 is 1.10 bits per heavy atom. The summed E-state index contributed by atoms with van der Waals surface area (Å²) in [4.78, 5) is 17.9. The molecular weight excluding hydrogens is 388 g/mol. The van der Waals surface area contributed by atoms with Crippen LogP contribution in [0.25, 0.3) is 0 Å². The number of nitrogens with zero attached hydrogens (tertiary/aromatic N) is 6. The summed E-state index contributed by atoms with van der Waals surface area (Å²) >= 11 is 0. The first-order valence-electron chi connectivity index (χ1n) is 12.0. The van der Waals surface area contributed by atoms with E-state index in [-0.39, 0.29) is 5.91 Å². The summed E-state index contributed by atoms with van der Waals surface area (Å²) in [5.41, 5.74) is 2.86. The molecule has 0 bridgehead atoms. The number of amides is 1. The van der Waals surface area contributed by atoms with E-state index >= 15 is 0 Å². The Morgan fingerprint density at radius 2 is 1.87 bits per heavy atom. The maximum atomic E-state index is 13.1. The average molecular weight is 425 g/mol. The molecule has 168 valence electrons. The van der Waals surface area contributed by atoms with E-state index < -0.39 is 0 Å². The largest absolute Gasteiger partial charge is 0.339 e. The number of rotatable bonds is 9. The Kier molecular flexibility index (Phi) is 7.67. The number of aromatic nitrogens is 4. The van der Waals surface area contributed by atoms with Gasteiger partial charge in [-0.3, -0.25) is 4.79 Å². The van der Waals surface area contributed by atoms with E-state index in [1.165, 1.54) is 36.8 Å². The van der Waals surface area contributed by atoms with Gasteiger partial charge >= 0.3 is 0 Å². The smallest absolute Gasteiger partial charge is 0.224 e. The second-order valence-corrected chi connectivity index (χ2v) is 9.27. The van der Waals surface area contributed by atoms with E-state index in [1.54, 1.807) is 11.0 Å². The normalized spacial score (nSPS) is 18.5. The van der Waals surface area contributed by atoms with Crippen LogP contribution in [0, 0.1) is 12.8 Å². The van der Waals surface area contributed by atoms with Crippen LogP contribution in [0.5, 0.6) is 0 Å². The van der Waals surface area contributed by atoms with Crippen molar-refractivity contribution in [1.82, 2.24) is 30.0 Å². The third kappa shape index (κ3) is 6.12. The highest BCUT2D eigenvalue weighted by atomic mass is 16.2. The molecule has 0 radical (unpaired) electrons. The van der Waals surface area contributed by atoms with E-state index in [1.807, 2.05) is 0 Å². The Labute approximate surface area is 185 Å². The first-order chi connectivity index (χ1) is 15.2. The fourth-order valence-electron chi connectivity index (χ4n) is 5.15. The Hall–Kier alpha value is -2.28. The van der Waals surface area contributed by atoms with Gasteiger partial charge in [0.15, 0.2) is 0 Å². The number of carbonyl (C=O) groups is 1. The summed E-state index contributed by atoms with van der Waals surface area (Å²) in [5.74, 6) is 0.886. The van der Waals surface area contributed by atoms with Crippen LogP contribution in [-0.4, -0.2) is 68.1 Å². The highest BCUT2D eigenvalue weighted by molar-refractivity contribution is 5.76. The van der Waals surface area contributed by atoms with Gasteiger partial charge in [-0.05, 0) is 79.6 Å². The molecule has 1 aromatic heterocycles. The summed E-state index contributed by atoms with van der Waals surface area (Å²) < 4.78 is 1.65. The first-order valence-corrected chi connectivity index (χ1v) is 12.0. The molecule has 1 aliphatic heterocycles. The molecular formula is C24H36N6O. The Bertz CT molecular complexity index is 809. The van der Waals surface area contributed by atoms with Crippen molar-refractivity contribution in [2.45, 2.75) is 70.9 Å². The van der Waals surface area contributed by atoms with E-state index in [2.05, 4.69) is 56.5 Å². The van der Waals surface area contributed by atoms with Gasteiger partial charge in [-0.2, -0.15) is 0 Å². The number of benzene rings is 1. The zero-order valence-corrected chi connectivity index (χ0v) is 18.8. The zero-order chi connectivity index (χ0) is 21.5. The maximum Gasteiger partial charge on any atom is 0.224 e. The van der Waals surface area contributed by atoms with Crippen molar-refractivity contribution in [3.05, 3.63) is 41.7 Å². The minimum Gasteiger partial charge on any atom is -0.339 e. The summed E-state index contributed by atoms with van der Waals surface area (Å²) in [6, 6.07) is 9.14. The van der Waals surface area contributed by atoms with E-state index in [0.717, 1.165) is 45.4 Å². The molecule has 1 saturated heterocycles. The first kappa shape index (κ1) is 21.9. The van der Waals surface area contributed by atoms with Crippen molar-refractivity contribution in [2.75, 3.05) is 26.2 Å². The minimum absolute atomic E-state index is 0.268. The maximum absolute atomic E-state index is 13.1. The van der Waals surface area contributed by atoms with Gasteiger partial charge in [0.25, 0.3) is 0 Å². The van der Waals surface area contributed by atoms with E-state index in [0.29, 0.717) is 24.9 Å². The lowest BCUT2D eigenvalue weighted by atomic mass is 9.94. The van der Waals surface area contributed by atoms with Gasteiger partial charge < -0.3 is 9.80 Å². The summed E-state index contributed by atoms with van der Waals surface area (Å²) in [6.45, 7) is 7.11. The minimum atomic E-state index is 0.268. The van der Waals surface area contributed by atoms with Crippen LogP contribution in [0.1, 0.15) is 56.1 Å². The predicted molar refractivity (Wildman–Crippen MR) is 120 cm³/mol. The molecule has 2 aliphatic rings. The number of hydrogen-bond acceptors (Lipinski definition) is 5. The van der Waals surface area contributed by atoms with Gasteiger partial charge in [-0.1, -0.05) is 37.1 Å². The van der Waals surface area contributed by atoms with Crippen LogP contribution in [-0.2, 0) is 17.8 Å². The molecule has 4 rings (SSSR count). The summed E-state index contributed by atoms with van der Waals surface area (Å²) in [7, 11) is 0. The second kappa shape index (κ2) is 10.8. The number of aryl methyl sites for hydroxylation is 2. The third-order valence-electron chi connectivity index (χ3n) is 7.15. The van der Waals surface area contributed by atoms with E-state index in [4.69, 9.17) is 0 Å². The fraction of sp³-hybridized carbons (Fsp3) is 0.667. The highest BCUT2D eigenvalue weighted by Gasteiger charge is 2.30. The van der Waals surface area contributed by atoms with Crippen molar-refractivity contribution in [2.24, 2.45) is 5.92 Å². The number of carbonyl (C=O) groups excluding carboxylic acids is 1. The van der Waals surface area contributed by atoms with Crippen LogP contribution in [0.3, 0.4) is 0 Å². The van der Waals surface area contributed by atoms with Crippen LogP contribution in [0.4, 0.5) is 0 Å². The molecule has 1 amide bonds. The number of tetrazole rings is 1. The van der Waals surface area contributed by atoms with Gasteiger partial charge in [-0.15, -0.1) is 5.10 Å². The van der Waals surface area contributed by atoms with Crippen molar-refractivity contribution >= 4 is 5.91 Å². The summed E-state index contributed by atoms with van der Waals surface area (Å²) in [6.07, 6.45) is 10.4. The van der Waals surface area contributed by atoms with Crippen molar-refractivity contribution < 1.29 is 4.79 Å². The number of piperidine rings is 1. The molecule has 0 spiro atoms.